The zero-order valence-corrected chi connectivity index (χ0v) is 24.8. The highest BCUT2D eigenvalue weighted by atomic mass is 31.1. The fourth-order valence-electron chi connectivity index (χ4n) is 5.36. The van der Waals surface area contributed by atoms with Crippen molar-refractivity contribution in [1.29, 1.82) is 0 Å². The van der Waals surface area contributed by atoms with E-state index in [9.17, 15) is 0 Å². The molecule has 34 heavy (non-hydrogen) atoms. The number of hydrogen-bond donors (Lipinski definition) is 0. The summed E-state index contributed by atoms with van der Waals surface area (Å²) in [5, 5.41) is 0.567. The maximum Gasteiger partial charge on any atom is -0.00577 e. The van der Waals surface area contributed by atoms with Crippen LogP contribution in [0.4, 0.5) is 0 Å². The first kappa shape index (κ1) is 27.1. The molecule has 0 heterocycles. The van der Waals surface area contributed by atoms with Crippen LogP contribution in [0.1, 0.15) is 79.0 Å². The average molecular weight is 491 g/mol. The lowest BCUT2D eigenvalue weighted by molar-refractivity contribution is 0.585. The molecule has 0 aliphatic rings. The van der Waals surface area contributed by atoms with Gasteiger partial charge in [-0.25, -0.2) is 0 Å². The van der Waals surface area contributed by atoms with Crippen molar-refractivity contribution in [2.75, 3.05) is 0 Å². The van der Waals surface area contributed by atoms with Gasteiger partial charge in [0.05, 0.1) is 0 Å². The van der Waals surface area contributed by atoms with E-state index in [1.165, 1.54) is 33.4 Å². The van der Waals surface area contributed by atoms with E-state index in [-0.39, 0.29) is 23.6 Å². The van der Waals surface area contributed by atoms with E-state index in [0.29, 0.717) is 0 Å². The Morgan fingerprint density at radius 2 is 1.15 bits per heavy atom. The van der Waals surface area contributed by atoms with Gasteiger partial charge in [-0.2, -0.15) is 0 Å². The molecule has 1 unspecified atom stereocenters. The fourth-order valence-corrected chi connectivity index (χ4v) is 9.36. The van der Waals surface area contributed by atoms with Crippen LogP contribution in [0, 0.1) is 0 Å². The van der Waals surface area contributed by atoms with Crippen molar-refractivity contribution in [1.82, 2.24) is 0 Å². The molecule has 0 aromatic heterocycles. The summed E-state index contributed by atoms with van der Waals surface area (Å²) in [5.41, 5.74) is 10.00. The van der Waals surface area contributed by atoms with Gasteiger partial charge in [0, 0.05) is 0 Å². The van der Waals surface area contributed by atoms with Gasteiger partial charge in [0.2, 0.25) is 0 Å². The first-order valence-corrected chi connectivity index (χ1v) is 14.9. The van der Waals surface area contributed by atoms with Gasteiger partial charge in [0.1, 0.15) is 0 Å². The third kappa shape index (κ3) is 6.01. The molecule has 0 saturated carbocycles. The smallest absolute Gasteiger partial charge is 0.00577 e. The summed E-state index contributed by atoms with van der Waals surface area (Å²) in [6.45, 7) is 21.8. The Balaban J connectivity index is 2.45. The lowest BCUT2D eigenvalue weighted by atomic mass is 9.75. The van der Waals surface area contributed by atoms with E-state index in [0.717, 1.165) is 12.3 Å². The molecule has 0 N–H and O–H groups in total. The molecular formula is C32H44P2. The van der Waals surface area contributed by atoms with Crippen LogP contribution in [0.3, 0.4) is 0 Å². The van der Waals surface area contributed by atoms with Crippen molar-refractivity contribution in [3.63, 3.8) is 0 Å². The van der Waals surface area contributed by atoms with Crippen molar-refractivity contribution in [2.24, 2.45) is 0 Å². The van der Waals surface area contributed by atoms with Gasteiger partial charge >= 0.3 is 0 Å². The summed E-state index contributed by atoms with van der Waals surface area (Å²) in [5.74, 6) is 0. The Morgan fingerprint density at radius 1 is 0.676 bits per heavy atom. The molecular weight excluding hydrogens is 446 g/mol. The second-order valence-corrected chi connectivity index (χ2v) is 16.7. The van der Waals surface area contributed by atoms with Crippen LogP contribution in [0.5, 0.6) is 0 Å². The summed E-state index contributed by atoms with van der Waals surface area (Å²) < 4.78 is 0. The molecule has 0 radical (unpaired) electrons. The number of hydrogen-bond acceptors (Lipinski definition) is 0. The van der Waals surface area contributed by atoms with E-state index in [1.54, 1.807) is 5.56 Å². The third-order valence-corrected chi connectivity index (χ3v) is 10.9. The van der Waals surface area contributed by atoms with E-state index in [2.05, 4.69) is 138 Å². The molecule has 0 aliphatic carbocycles. The van der Waals surface area contributed by atoms with Crippen molar-refractivity contribution in [3.8, 4) is 22.3 Å². The molecule has 182 valence electrons. The Bertz CT molecular complexity index is 1080. The molecule has 3 aromatic rings. The summed E-state index contributed by atoms with van der Waals surface area (Å²) in [6, 6.07) is 24.5. The van der Waals surface area contributed by atoms with Crippen molar-refractivity contribution >= 4 is 17.2 Å². The summed E-state index contributed by atoms with van der Waals surface area (Å²) in [4.78, 5) is 0. The summed E-state index contributed by atoms with van der Waals surface area (Å²) in [6.07, 6.45) is 2.14. The average Bonchev–Trinajstić information content (AvgIpc) is 2.75. The largest absolute Gasteiger partial charge is 0.133 e. The second kappa shape index (κ2) is 10.2. The molecule has 0 amide bonds. The monoisotopic (exact) mass is 490 g/mol. The lowest BCUT2D eigenvalue weighted by Crippen LogP contribution is -2.27. The topological polar surface area (TPSA) is 0 Å². The maximum absolute atomic E-state index is 3.03. The molecule has 0 spiro atoms. The van der Waals surface area contributed by atoms with E-state index < -0.39 is 0 Å². The minimum Gasteiger partial charge on any atom is -0.133 e. The molecule has 0 aliphatic heterocycles. The van der Waals surface area contributed by atoms with Gasteiger partial charge in [0.25, 0.3) is 0 Å². The highest BCUT2D eigenvalue weighted by molar-refractivity contribution is 7.60. The Morgan fingerprint density at radius 3 is 1.56 bits per heavy atom. The van der Waals surface area contributed by atoms with Crippen molar-refractivity contribution < 1.29 is 0 Å². The van der Waals surface area contributed by atoms with Crippen LogP contribution in [-0.2, 0) is 17.7 Å². The highest BCUT2D eigenvalue weighted by Gasteiger charge is 2.37. The SMILES string of the molecule is CC(C)(C)c1c(CP(C(C)(C)C)C(C)(C)C)c(CP)cc(-c2ccccc2)c1-c1ccccc1. The van der Waals surface area contributed by atoms with Crippen molar-refractivity contribution in [3.05, 3.63) is 83.4 Å². The molecule has 0 bridgehead atoms. The normalized spacial score (nSPS) is 12.9. The Labute approximate surface area is 212 Å². The first-order chi connectivity index (χ1) is 15.7. The van der Waals surface area contributed by atoms with Crippen LogP contribution in [0.25, 0.3) is 22.3 Å². The minimum atomic E-state index is -0.259. The predicted molar refractivity (Wildman–Crippen MR) is 160 cm³/mol. The quantitative estimate of drug-likeness (QED) is 0.312. The zero-order chi connectivity index (χ0) is 25.3. The Hall–Kier alpha value is -1.48. The van der Waals surface area contributed by atoms with Gasteiger partial charge in [-0.15, -0.1) is 9.24 Å². The lowest BCUT2D eigenvalue weighted by Gasteiger charge is -2.43. The van der Waals surface area contributed by atoms with Crippen LogP contribution < -0.4 is 0 Å². The number of benzene rings is 3. The highest BCUT2D eigenvalue weighted by Crippen LogP contribution is 2.62. The van der Waals surface area contributed by atoms with Crippen LogP contribution >= 0.6 is 17.2 Å². The fraction of sp³-hybridized carbons (Fsp3) is 0.438. The molecule has 3 rings (SSSR count). The molecule has 3 aromatic carbocycles. The van der Waals surface area contributed by atoms with Gasteiger partial charge in [-0.3, -0.25) is 0 Å². The molecule has 1 atom stereocenters. The summed E-state index contributed by atoms with van der Waals surface area (Å²) in [7, 11) is 2.77. The van der Waals surface area contributed by atoms with Gasteiger partial charge < -0.3 is 0 Å². The third-order valence-electron chi connectivity index (χ3n) is 6.58. The van der Waals surface area contributed by atoms with Crippen LogP contribution in [0.2, 0.25) is 0 Å². The predicted octanol–water partition coefficient (Wildman–Crippen LogP) is 10.3. The van der Waals surface area contributed by atoms with E-state index in [4.69, 9.17) is 0 Å². The molecule has 0 fully saturated rings. The maximum atomic E-state index is 3.03. The van der Waals surface area contributed by atoms with Gasteiger partial charge in [-0.1, -0.05) is 131 Å². The van der Waals surface area contributed by atoms with E-state index >= 15 is 0 Å². The van der Waals surface area contributed by atoms with Gasteiger partial charge in [0.15, 0.2) is 0 Å². The van der Waals surface area contributed by atoms with Crippen molar-refractivity contribution in [2.45, 2.75) is 90.4 Å². The number of rotatable bonds is 5. The molecule has 0 nitrogen and oxygen atoms in total. The Kier molecular flexibility index (Phi) is 8.17. The van der Waals surface area contributed by atoms with Crippen LogP contribution in [0.15, 0.2) is 66.7 Å². The second-order valence-electron chi connectivity index (χ2n) is 12.4. The zero-order valence-electron chi connectivity index (χ0n) is 22.8. The van der Waals surface area contributed by atoms with Crippen LogP contribution in [-0.4, -0.2) is 10.3 Å². The molecule has 2 heteroatoms. The minimum absolute atomic E-state index is 0.0245. The molecule has 0 saturated heterocycles. The van der Waals surface area contributed by atoms with E-state index in [1.807, 2.05) is 0 Å². The first-order valence-electron chi connectivity index (χ1n) is 12.5. The standard InChI is InChI=1S/C32H44P2/c1-30(2,3)29-27(22-34(31(4,5)6)32(7,8)9)25(21-33)20-26(23-16-12-10-13-17-23)28(29)24-18-14-11-15-19-24/h10-20H,21-22,33H2,1-9H3. The summed E-state index contributed by atoms with van der Waals surface area (Å²) >= 11 is 0. The van der Waals surface area contributed by atoms with Gasteiger partial charge in [-0.05, 0) is 73.1 Å².